The molecule has 0 spiro atoms. The van der Waals surface area contributed by atoms with Gasteiger partial charge in [0.2, 0.25) is 11.6 Å². The second-order valence-corrected chi connectivity index (χ2v) is 11.4. The number of rotatable bonds is 3. The first-order valence-electron chi connectivity index (χ1n) is 13.0. The quantitative estimate of drug-likeness (QED) is 0.201. The lowest BCUT2D eigenvalue weighted by Crippen LogP contribution is -2.41. The van der Waals surface area contributed by atoms with Crippen molar-refractivity contribution in [2.45, 2.75) is 15.6 Å². The minimum absolute atomic E-state index is 0.0465. The molecule has 0 amide bonds. The molecule has 0 heterocycles. The van der Waals surface area contributed by atoms with Crippen molar-refractivity contribution in [2.75, 3.05) is 0 Å². The molecule has 0 fully saturated rings. The molecule has 0 radical (unpaired) electrons. The predicted octanol–water partition coefficient (Wildman–Crippen LogP) is 6.47. The van der Waals surface area contributed by atoms with E-state index in [9.17, 15) is 30.0 Å². The van der Waals surface area contributed by atoms with E-state index in [0.29, 0.717) is 22.3 Å². The average Bonchev–Trinajstić information content (AvgIpc) is 2.96. The Bertz CT molecular complexity index is 1800. The number of phenolic OH excluding ortho intramolecular Hbond substituents is 4. The summed E-state index contributed by atoms with van der Waals surface area (Å²) < 4.78 is -1.26. The molecule has 0 aromatic heterocycles. The Hall–Kier alpha value is -5.01. The smallest absolute Gasteiger partial charge is 0.201 e. The minimum atomic E-state index is -1.26. The van der Waals surface area contributed by atoms with E-state index in [-0.39, 0.29) is 45.3 Å². The van der Waals surface area contributed by atoms with Gasteiger partial charge in [0.1, 0.15) is 23.0 Å². The number of phenols is 4. The molecule has 7 rings (SSSR count). The van der Waals surface area contributed by atoms with E-state index in [2.05, 4.69) is 0 Å². The Kier molecular flexibility index (Phi) is 5.49. The molecule has 5 aromatic carbocycles. The normalized spacial score (nSPS) is 15.0. The van der Waals surface area contributed by atoms with Crippen LogP contribution < -0.4 is 0 Å². The van der Waals surface area contributed by atoms with Crippen LogP contribution in [0.25, 0.3) is 0 Å². The van der Waals surface area contributed by atoms with Crippen LogP contribution in [0.3, 0.4) is 0 Å². The highest BCUT2D eigenvalue weighted by Crippen LogP contribution is 2.64. The number of carbonyl (C=O) groups excluding carboxylic acids is 2. The topological polar surface area (TPSA) is 115 Å². The first-order valence-corrected chi connectivity index (χ1v) is 13.8. The first-order chi connectivity index (χ1) is 19.8. The van der Waals surface area contributed by atoms with E-state index in [1.165, 1.54) is 36.0 Å². The Morgan fingerprint density at radius 2 is 0.902 bits per heavy atom. The Morgan fingerprint density at radius 1 is 0.488 bits per heavy atom. The molecule has 5 aromatic rings. The van der Waals surface area contributed by atoms with Gasteiger partial charge in [0, 0.05) is 10.8 Å². The third-order valence-corrected chi connectivity index (χ3v) is 9.50. The first kappa shape index (κ1) is 25.0. The molecule has 2 aliphatic rings. The summed E-state index contributed by atoms with van der Waals surface area (Å²) in [6.45, 7) is 0. The molecule has 6 nitrogen and oxygen atoms in total. The van der Waals surface area contributed by atoms with Gasteiger partial charge in [-0.15, -0.1) is 11.8 Å². The summed E-state index contributed by atoms with van der Waals surface area (Å²) in [5.74, 6) is -2.73. The van der Waals surface area contributed by atoms with E-state index < -0.39 is 22.2 Å². The van der Waals surface area contributed by atoms with Gasteiger partial charge in [-0.2, -0.15) is 0 Å². The molecule has 0 bridgehead atoms. The van der Waals surface area contributed by atoms with Gasteiger partial charge in [0.15, 0.2) is 0 Å². The average molecular weight is 559 g/mol. The van der Waals surface area contributed by atoms with Crippen LogP contribution in [0, 0.1) is 0 Å². The van der Waals surface area contributed by atoms with Crippen LogP contribution in [0.4, 0.5) is 0 Å². The van der Waals surface area contributed by atoms with Gasteiger partial charge in [-0.25, -0.2) is 0 Å². The fraction of sp³-hybridized carbons (Fsp3) is 0.0588. The number of thioether (sulfide) groups is 1. The summed E-state index contributed by atoms with van der Waals surface area (Å²) in [5.41, 5.74) is 2.16. The predicted molar refractivity (Wildman–Crippen MR) is 154 cm³/mol. The number of benzene rings is 5. The summed E-state index contributed by atoms with van der Waals surface area (Å²) in [6, 6.07) is 29.0. The summed E-state index contributed by atoms with van der Waals surface area (Å²) in [5, 5.41) is 44.3. The Balaban J connectivity index is 1.71. The van der Waals surface area contributed by atoms with Crippen molar-refractivity contribution >= 4 is 23.3 Å². The van der Waals surface area contributed by atoms with E-state index in [1.54, 1.807) is 48.5 Å². The van der Waals surface area contributed by atoms with Gasteiger partial charge < -0.3 is 20.4 Å². The minimum Gasteiger partial charge on any atom is -0.507 e. The van der Waals surface area contributed by atoms with E-state index in [4.69, 9.17) is 0 Å². The van der Waals surface area contributed by atoms with Crippen LogP contribution in [0.5, 0.6) is 23.0 Å². The molecular weight excluding hydrogens is 536 g/mol. The number of hydrogen-bond acceptors (Lipinski definition) is 7. The second-order valence-electron chi connectivity index (χ2n) is 10.1. The van der Waals surface area contributed by atoms with Crippen LogP contribution >= 0.6 is 11.8 Å². The monoisotopic (exact) mass is 558 g/mol. The number of hydrogen-bond donors (Lipinski definition) is 4. The molecular formula is C34H22O6S. The molecule has 0 saturated heterocycles. The summed E-state index contributed by atoms with van der Waals surface area (Å²) in [7, 11) is 0. The zero-order valence-electron chi connectivity index (χ0n) is 21.4. The maximum Gasteiger partial charge on any atom is 0.201 e. The number of aromatic hydroxyl groups is 4. The van der Waals surface area contributed by atoms with Crippen LogP contribution in [0.2, 0.25) is 0 Å². The maximum atomic E-state index is 14.0. The third-order valence-electron chi connectivity index (χ3n) is 7.99. The molecule has 4 N–H and O–H groups in total. The fourth-order valence-corrected chi connectivity index (χ4v) is 8.02. The van der Waals surface area contributed by atoms with Gasteiger partial charge in [0.05, 0.1) is 27.0 Å². The van der Waals surface area contributed by atoms with Gasteiger partial charge in [0.25, 0.3) is 0 Å². The lowest BCUT2D eigenvalue weighted by Gasteiger charge is -2.47. The van der Waals surface area contributed by atoms with Crippen LogP contribution in [-0.4, -0.2) is 32.0 Å². The van der Waals surface area contributed by atoms with Crippen molar-refractivity contribution in [1.82, 2.24) is 0 Å². The summed E-state index contributed by atoms with van der Waals surface area (Å²) in [4.78, 5) is 28.6. The van der Waals surface area contributed by atoms with Gasteiger partial charge >= 0.3 is 0 Å². The molecule has 2 aliphatic carbocycles. The van der Waals surface area contributed by atoms with Gasteiger partial charge in [-0.05, 0) is 58.7 Å². The van der Waals surface area contributed by atoms with Crippen LogP contribution in [-0.2, 0) is 4.75 Å². The van der Waals surface area contributed by atoms with Crippen molar-refractivity contribution in [2.24, 2.45) is 0 Å². The lowest BCUT2D eigenvalue weighted by molar-refractivity contribution is 0.101. The zero-order chi connectivity index (χ0) is 28.5. The lowest BCUT2D eigenvalue weighted by atomic mass is 9.63. The van der Waals surface area contributed by atoms with Gasteiger partial charge in [-0.1, -0.05) is 66.7 Å². The fourth-order valence-electron chi connectivity index (χ4n) is 6.42. The van der Waals surface area contributed by atoms with E-state index >= 15 is 0 Å². The number of fused-ring (bicyclic) bond motifs is 4. The maximum absolute atomic E-state index is 14.0. The van der Waals surface area contributed by atoms with Crippen molar-refractivity contribution < 1.29 is 30.0 Å². The molecule has 200 valence electrons. The van der Waals surface area contributed by atoms with Crippen molar-refractivity contribution in [3.8, 4) is 23.0 Å². The number of carbonyl (C=O) groups is 2. The molecule has 7 heteroatoms. The highest BCUT2D eigenvalue weighted by atomic mass is 32.2. The summed E-state index contributed by atoms with van der Waals surface area (Å²) >= 11 is 1.41. The third kappa shape index (κ3) is 3.39. The molecule has 0 saturated carbocycles. The SMILES string of the molecule is O=C1c2c(O)cccc2C(C2(Sc3ccccc3)c3cccc(O)c3C(=O)c3c(O)cccc32)c2cccc(O)c21. The van der Waals surface area contributed by atoms with Gasteiger partial charge in [-0.3, -0.25) is 9.59 Å². The van der Waals surface area contributed by atoms with E-state index in [0.717, 1.165) is 4.90 Å². The van der Waals surface area contributed by atoms with Crippen LogP contribution in [0.15, 0.2) is 108 Å². The van der Waals surface area contributed by atoms with Crippen molar-refractivity contribution in [3.63, 3.8) is 0 Å². The molecule has 0 atom stereocenters. The number of ketones is 2. The highest BCUT2D eigenvalue weighted by Gasteiger charge is 2.55. The molecule has 41 heavy (non-hydrogen) atoms. The van der Waals surface area contributed by atoms with E-state index in [1.807, 2.05) is 30.3 Å². The van der Waals surface area contributed by atoms with Crippen molar-refractivity contribution in [3.05, 3.63) is 148 Å². The van der Waals surface area contributed by atoms with Crippen LogP contribution in [0.1, 0.15) is 60.0 Å². The summed E-state index contributed by atoms with van der Waals surface area (Å²) in [6.07, 6.45) is 0. The largest absolute Gasteiger partial charge is 0.507 e. The second kappa shape index (κ2) is 9.01. The molecule has 0 aliphatic heterocycles. The Morgan fingerprint density at radius 3 is 1.39 bits per heavy atom. The molecule has 0 unspecified atom stereocenters. The van der Waals surface area contributed by atoms with Crippen molar-refractivity contribution in [1.29, 1.82) is 0 Å². The highest BCUT2D eigenvalue weighted by molar-refractivity contribution is 8.00. The standard InChI is InChI=1S/C34H22O6S/c35-23-14-4-10-19-27(23)32(39)28-20(11-5-15-24(28)36)31(19)34(41-18-8-2-1-3-9-18)21-12-6-16-25(37)29(21)33(40)30-22(34)13-7-17-26(30)38/h1-17,31,35-38H. The zero-order valence-corrected chi connectivity index (χ0v) is 22.2. The Labute approximate surface area is 239 Å².